The summed E-state index contributed by atoms with van der Waals surface area (Å²) in [7, 11) is 0. The van der Waals surface area contributed by atoms with Gasteiger partial charge in [0.15, 0.2) is 5.13 Å². The molecule has 1 aromatic heterocycles. The van der Waals surface area contributed by atoms with E-state index in [-0.39, 0.29) is 0 Å². The van der Waals surface area contributed by atoms with Gasteiger partial charge in [0.25, 0.3) is 0 Å². The fourth-order valence-electron chi connectivity index (χ4n) is 1.31. The van der Waals surface area contributed by atoms with Gasteiger partial charge in [0.2, 0.25) is 0 Å². The van der Waals surface area contributed by atoms with Crippen molar-refractivity contribution in [3.63, 3.8) is 0 Å². The lowest BCUT2D eigenvalue weighted by Gasteiger charge is -2.15. The molecule has 1 heterocycles. The maximum absolute atomic E-state index is 11.1. The van der Waals surface area contributed by atoms with E-state index in [1.807, 2.05) is 5.38 Å². The van der Waals surface area contributed by atoms with Crippen molar-refractivity contribution < 1.29 is 9.90 Å². The summed E-state index contributed by atoms with van der Waals surface area (Å²) in [5.41, 5.74) is -0.279. The number of aliphatic carboxylic acids is 1. The first kappa shape index (κ1) is 11.4. The molecule has 0 atom stereocenters. The van der Waals surface area contributed by atoms with Crippen LogP contribution in [-0.4, -0.2) is 22.6 Å². The topological polar surface area (TPSA) is 62.2 Å². The highest BCUT2D eigenvalue weighted by Gasteiger charge is 2.32. The maximum atomic E-state index is 11.1. The number of carboxylic acids is 1. The van der Waals surface area contributed by atoms with Crippen molar-refractivity contribution in [1.82, 2.24) is 4.98 Å². The summed E-state index contributed by atoms with van der Waals surface area (Å²) in [5, 5.41) is 15.0. The van der Waals surface area contributed by atoms with Crippen molar-refractivity contribution in [2.24, 2.45) is 5.92 Å². The van der Waals surface area contributed by atoms with Gasteiger partial charge in [-0.05, 0) is 32.6 Å². The van der Waals surface area contributed by atoms with Crippen molar-refractivity contribution in [2.75, 3.05) is 11.9 Å². The molecule has 1 aliphatic rings. The number of carboxylic acid groups (broad SMARTS) is 1. The van der Waals surface area contributed by atoms with Gasteiger partial charge in [0.1, 0.15) is 5.41 Å². The minimum Gasteiger partial charge on any atom is -0.481 e. The van der Waals surface area contributed by atoms with E-state index >= 15 is 0 Å². The second-order valence-corrected chi connectivity index (χ2v) is 5.65. The zero-order chi connectivity index (χ0) is 11.8. The van der Waals surface area contributed by atoms with Crippen molar-refractivity contribution in [3.05, 3.63) is 11.1 Å². The lowest BCUT2D eigenvalue weighted by molar-refractivity contribution is -0.142. The average molecular weight is 240 g/mol. The quantitative estimate of drug-likeness (QED) is 0.829. The van der Waals surface area contributed by atoms with E-state index in [9.17, 15) is 4.79 Å². The Morgan fingerprint density at radius 3 is 2.94 bits per heavy atom. The van der Waals surface area contributed by atoms with Crippen molar-refractivity contribution in [2.45, 2.75) is 32.1 Å². The summed E-state index contributed by atoms with van der Waals surface area (Å²) >= 11 is 1.48. The summed E-state index contributed by atoms with van der Waals surface area (Å²) < 4.78 is 0. The van der Waals surface area contributed by atoms with E-state index in [1.54, 1.807) is 13.8 Å². The summed E-state index contributed by atoms with van der Waals surface area (Å²) in [4.78, 5) is 15.4. The molecule has 4 nitrogen and oxygen atoms in total. The molecule has 1 aliphatic carbocycles. The molecule has 0 aliphatic heterocycles. The van der Waals surface area contributed by atoms with Crippen LogP contribution >= 0.6 is 11.3 Å². The van der Waals surface area contributed by atoms with Crippen LogP contribution in [0, 0.1) is 5.92 Å². The molecule has 1 fully saturated rings. The molecule has 0 amide bonds. The van der Waals surface area contributed by atoms with Crippen LogP contribution in [-0.2, 0) is 10.2 Å². The Hall–Kier alpha value is -1.10. The molecule has 16 heavy (non-hydrogen) atoms. The highest BCUT2D eigenvalue weighted by molar-refractivity contribution is 7.13. The number of anilines is 1. The second kappa shape index (κ2) is 4.05. The molecule has 0 aromatic carbocycles. The molecule has 2 N–H and O–H groups in total. The minimum atomic E-state index is -0.907. The Bertz CT molecular complexity index is 396. The van der Waals surface area contributed by atoms with Crippen molar-refractivity contribution in [1.29, 1.82) is 0 Å². The number of aromatic nitrogens is 1. The Morgan fingerprint density at radius 1 is 1.69 bits per heavy atom. The standard InChI is InChI=1S/C11H16N2O2S/c1-11(2,9(14)15)8-6-16-10(13-8)12-5-7-3-4-7/h6-7H,3-5H2,1-2H3,(H,12,13)(H,14,15). The molecule has 0 unspecified atom stereocenters. The summed E-state index contributed by atoms with van der Waals surface area (Å²) in [6.45, 7) is 4.31. The Labute approximate surface area is 98.7 Å². The minimum absolute atomic E-state index is 0.628. The molecule has 1 saturated carbocycles. The number of nitrogens with one attached hydrogen (secondary N) is 1. The first-order valence-corrected chi connectivity index (χ1v) is 6.31. The molecule has 88 valence electrons. The first-order chi connectivity index (χ1) is 7.50. The van der Waals surface area contributed by atoms with Crippen LogP contribution in [0.4, 0.5) is 5.13 Å². The Kier molecular flexibility index (Phi) is 2.88. The second-order valence-electron chi connectivity index (χ2n) is 4.79. The predicted octanol–water partition coefficient (Wildman–Crippen LogP) is 2.33. The third-order valence-corrected chi connectivity index (χ3v) is 3.72. The first-order valence-electron chi connectivity index (χ1n) is 5.43. The zero-order valence-electron chi connectivity index (χ0n) is 9.49. The smallest absolute Gasteiger partial charge is 0.315 e. The van der Waals surface area contributed by atoms with E-state index in [2.05, 4.69) is 10.3 Å². The highest BCUT2D eigenvalue weighted by Crippen LogP contribution is 2.31. The van der Waals surface area contributed by atoms with Gasteiger partial charge in [-0.2, -0.15) is 0 Å². The van der Waals surface area contributed by atoms with Gasteiger partial charge in [0, 0.05) is 11.9 Å². The third kappa shape index (κ3) is 2.35. The van der Waals surface area contributed by atoms with Gasteiger partial charge < -0.3 is 10.4 Å². The largest absolute Gasteiger partial charge is 0.481 e. The molecular formula is C11H16N2O2S. The van der Waals surface area contributed by atoms with E-state index in [0.717, 1.165) is 17.6 Å². The fraction of sp³-hybridized carbons (Fsp3) is 0.636. The SMILES string of the molecule is CC(C)(C(=O)O)c1csc(NCC2CC2)n1. The van der Waals surface area contributed by atoms with Gasteiger partial charge in [0.05, 0.1) is 5.69 Å². The number of carbonyl (C=O) groups is 1. The predicted molar refractivity (Wildman–Crippen MR) is 64.0 cm³/mol. The lowest BCUT2D eigenvalue weighted by Crippen LogP contribution is -2.28. The van der Waals surface area contributed by atoms with Gasteiger partial charge in [-0.25, -0.2) is 4.98 Å². The molecular weight excluding hydrogens is 224 g/mol. The zero-order valence-corrected chi connectivity index (χ0v) is 10.3. The fourth-order valence-corrected chi connectivity index (χ4v) is 2.19. The molecule has 2 rings (SSSR count). The van der Waals surface area contributed by atoms with E-state index < -0.39 is 11.4 Å². The number of nitrogens with zero attached hydrogens (tertiary/aromatic N) is 1. The summed E-state index contributed by atoms with van der Waals surface area (Å²) in [5.74, 6) is -0.0497. The Balaban J connectivity index is 2.02. The van der Waals surface area contributed by atoms with Crippen LogP contribution in [0.15, 0.2) is 5.38 Å². The highest BCUT2D eigenvalue weighted by atomic mass is 32.1. The number of hydrogen-bond donors (Lipinski definition) is 2. The van der Waals surface area contributed by atoms with Gasteiger partial charge in [-0.15, -0.1) is 11.3 Å². The van der Waals surface area contributed by atoms with Crippen molar-refractivity contribution >= 4 is 22.4 Å². The number of rotatable bonds is 5. The lowest BCUT2D eigenvalue weighted by atomic mass is 9.90. The van der Waals surface area contributed by atoms with E-state index in [1.165, 1.54) is 24.2 Å². The van der Waals surface area contributed by atoms with Crippen LogP contribution in [0.5, 0.6) is 0 Å². The summed E-state index contributed by atoms with van der Waals surface area (Å²) in [6.07, 6.45) is 2.59. The molecule has 5 heteroatoms. The molecule has 0 saturated heterocycles. The monoisotopic (exact) mass is 240 g/mol. The van der Waals surface area contributed by atoms with Crippen LogP contribution in [0.25, 0.3) is 0 Å². The van der Waals surface area contributed by atoms with E-state index in [0.29, 0.717) is 5.69 Å². The number of hydrogen-bond acceptors (Lipinski definition) is 4. The molecule has 0 radical (unpaired) electrons. The van der Waals surface area contributed by atoms with Crippen LogP contribution < -0.4 is 5.32 Å². The third-order valence-electron chi connectivity index (χ3n) is 2.92. The normalized spacial score (nSPS) is 16.1. The van der Waals surface area contributed by atoms with Crippen molar-refractivity contribution in [3.8, 4) is 0 Å². The van der Waals surface area contributed by atoms with Gasteiger partial charge in [-0.3, -0.25) is 4.79 Å². The molecule has 0 bridgehead atoms. The Morgan fingerprint density at radius 2 is 2.38 bits per heavy atom. The van der Waals surface area contributed by atoms with Crippen LogP contribution in [0.3, 0.4) is 0 Å². The molecule has 1 aromatic rings. The van der Waals surface area contributed by atoms with Crippen LogP contribution in [0.2, 0.25) is 0 Å². The summed E-state index contributed by atoms with van der Waals surface area (Å²) in [6, 6.07) is 0. The van der Waals surface area contributed by atoms with E-state index in [4.69, 9.17) is 5.11 Å². The average Bonchev–Trinajstić information content (AvgIpc) is 2.92. The molecule has 0 spiro atoms. The van der Waals surface area contributed by atoms with Crippen LogP contribution in [0.1, 0.15) is 32.4 Å². The van der Waals surface area contributed by atoms with Gasteiger partial charge >= 0.3 is 5.97 Å². The van der Waals surface area contributed by atoms with Gasteiger partial charge in [-0.1, -0.05) is 0 Å². The number of thiazole rings is 1. The maximum Gasteiger partial charge on any atom is 0.315 e.